The predicted octanol–water partition coefficient (Wildman–Crippen LogP) is 3.78. The molecule has 2 N–H and O–H groups in total. The number of nitrogens with zero attached hydrogens (tertiary/aromatic N) is 2. The van der Waals surface area contributed by atoms with Crippen molar-refractivity contribution in [3.8, 4) is 17.0 Å². The van der Waals surface area contributed by atoms with E-state index in [4.69, 9.17) is 14.7 Å². The minimum absolute atomic E-state index is 0.311. The van der Waals surface area contributed by atoms with Crippen molar-refractivity contribution >= 4 is 11.7 Å². The first-order chi connectivity index (χ1) is 15.6. The average molecular weight is 434 g/mol. The molecule has 7 nitrogen and oxygen atoms in total. The first-order valence-electron chi connectivity index (χ1n) is 10.4. The highest BCUT2D eigenvalue weighted by atomic mass is 16.6. The smallest absolute Gasteiger partial charge is 0.321 e. The van der Waals surface area contributed by atoms with Crippen molar-refractivity contribution in [1.82, 2.24) is 10.3 Å². The van der Waals surface area contributed by atoms with Gasteiger partial charge in [0.05, 0.1) is 11.4 Å². The lowest BCUT2D eigenvalue weighted by Gasteiger charge is -2.11. The Kier molecular flexibility index (Phi) is 8.34. The summed E-state index contributed by atoms with van der Waals surface area (Å²) in [5.74, 6) is -0.176. The molecule has 0 aliphatic heterocycles. The minimum atomic E-state index is -0.870. The van der Waals surface area contributed by atoms with E-state index in [1.807, 2.05) is 73.7 Å². The van der Waals surface area contributed by atoms with Crippen molar-refractivity contribution in [2.75, 3.05) is 20.3 Å². The van der Waals surface area contributed by atoms with Gasteiger partial charge in [-0.25, -0.2) is 0 Å². The van der Waals surface area contributed by atoms with Crippen molar-refractivity contribution in [3.63, 3.8) is 0 Å². The highest BCUT2D eigenvalue weighted by Gasteiger charge is 2.15. The lowest BCUT2D eigenvalue weighted by molar-refractivity contribution is -0.139. The van der Waals surface area contributed by atoms with E-state index in [1.54, 1.807) is 13.2 Å². The highest BCUT2D eigenvalue weighted by Crippen LogP contribution is 2.17. The van der Waals surface area contributed by atoms with Crippen LogP contribution in [0.25, 0.3) is 11.3 Å². The Morgan fingerprint density at radius 3 is 2.44 bits per heavy atom. The van der Waals surface area contributed by atoms with Gasteiger partial charge in [0.15, 0.2) is 6.61 Å². The van der Waals surface area contributed by atoms with Crippen LogP contribution in [0.1, 0.15) is 18.1 Å². The van der Waals surface area contributed by atoms with E-state index in [0.717, 1.165) is 28.1 Å². The fraction of sp³-hybridized carbons (Fsp3) is 0.240. The van der Waals surface area contributed by atoms with Gasteiger partial charge in [0.25, 0.3) is 0 Å². The molecule has 2 aromatic carbocycles. The second kappa shape index (κ2) is 11.6. The van der Waals surface area contributed by atoms with Crippen LogP contribution < -0.4 is 10.1 Å². The maximum Gasteiger partial charge on any atom is 0.321 e. The molecule has 1 unspecified atom stereocenters. The number of ether oxygens (including phenoxy) is 1. The van der Waals surface area contributed by atoms with Crippen LogP contribution in [0, 0.1) is 0 Å². The summed E-state index contributed by atoms with van der Waals surface area (Å²) >= 11 is 0. The van der Waals surface area contributed by atoms with Crippen molar-refractivity contribution < 1.29 is 19.5 Å². The number of carbonyl (C=O) groups is 1. The minimum Gasteiger partial charge on any atom is -0.490 e. The van der Waals surface area contributed by atoms with Gasteiger partial charge in [0.1, 0.15) is 18.4 Å². The molecular weight excluding hydrogens is 406 g/mol. The normalized spacial score (nSPS) is 12.2. The summed E-state index contributed by atoms with van der Waals surface area (Å²) in [6, 6.07) is 20.6. The highest BCUT2D eigenvalue weighted by molar-refractivity contribution is 5.98. The molecule has 0 spiro atoms. The summed E-state index contributed by atoms with van der Waals surface area (Å²) in [5, 5.41) is 16.1. The molecule has 0 aliphatic rings. The molecule has 0 aliphatic carbocycles. The SMILES string of the molecule is CNC(Cc1ccc(OCCON=C(C)c2ccc(-c3ccccn3)cc2)cc1)C(=O)O. The number of hydrogen-bond donors (Lipinski definition) is 2. The Morgan fingerprint density at radius 1 is 1.06 bits per heavy atom. The van der Waals surface area contributed by atoms with Crippen LogP contribution >= 0.6 is 0 Å². The average Bonchev–Trinajstić information content (AvgIpc) is 2.83. The fourth-order valence-electron chi connectivity index (χ4n) is 3.08. The van der Waals surface area contributed by atoms with Gasteiger partial charge in [0.2, 0.25) is 0 Å². The lowest BCUT2D eigenvalue weighted by Crippen LogP contribution is -2.35. The first-order valence-corrected chi connectivity index (χ1v) is 10.4. The number of aromatic nitrogens is 1. The topological polar surface area (TPSA) is 93.0 Å². The quantitative estimate of drug-likeness (QED) is 0.272. The number of benzene rings is 2. The first kappa shape index (κ1) is 23.0. The number of pyridine rings is 1. The number of rotatable bonds is 11. The van der Waals surface area contributed by atoms with E-state index < -0.39 is 12.0 Å². The molecule has 1 aromatic heterocycles. The Balaban J connectivity index is 1.43. The number of oxime groups is 1. The Labute approximate surface area is 187 Å². The molecule has 0 bridgehead atoms. The second-order valence-corrected chi connectivity index (χ2v) is 7.18. The van der Waals surface area contributed by atoms with Crippen molar-refractivity contribution in [2.24, 2.45) is 5.16 Å². The summed E-state index contributed by atoms with van der Waals surface area (Å²) in [6.07, 6.45) is 2.19. The van der Waals surface area contributed by atoms with Gasteiger partial charge >= 0.3 is 5.97 Å². The van der Waals surface area contributed by atoms with E-state index in [1.165, 1.54) is 0 Å². The van der Waals surface area contributed by atoms with E-state index in [9.17, 15) is 4.79 Å². The van der Waals surface area contributed by atoms with Gasteiger partial charge < -0.3 is 20.0 Å². The lowest BCUT2D eigenvalue weighted by atomic mass is 10.1. The van der Waals surface area contributed by atoms with Crippen LogP contribution in [0.5, 0.6) is 5.75 Å². The zero-order chi connectivity index (χ0) is 22.8. The van der Waals surface area contributed by atoms with E-state index >= 15 is 0 Å². The van der Waals surface area contributed by atoms with Gasteiger partial charge in [-0.3, -0.25) is 9.78 Å². The molecule has 3 rings (SSSR count). The molecule has 7 heteroatoms. The zero-order valence-corrected chi connectivity index (χ0v) is 18.2. The molecule has 1 heterocycles. The molecule has 0 fully saturated rings. The van der Waals surface area contributed by atoms with Gasteiger partial charge in [-0.1, -0.05) is 47.6 Å². The van der Waals surface area contributed by atoms with Crippen LogP contribution in [-0.2, 0) is 16.1 Å². The van der Waals surface area contributed by atoms with E-state index in [-0.39, 0.29) is 0 Å². The van der Waals surface area contributed by atoms with Gasteiger partial charge in [-0.2, -0.15) is 0 Å². The van der Waals surface area contributed by atoms with Crippen LogP contribution in [0.3, 0.4) is 0 Å². The molecule has 0 radical (unpaired) electrons. The van der Waals surface area contributed by atoms with Crippen LogP contribution in [0.15, 0.2) is 78.1 Å². The molecule has 3 aromatic rings. The van der Waals surface area contributed by atoms with E-state index in [2.05, 4.69) is 15.5 Å². The number of likely N-dealkylation sites (N-methyl/N-ethyl adjacent to an activating group) is 1. The molecule has 0 saturated heterocycles. The summed E-state index contributed by atoms with van der Waals surface area (Å²) in [4.78, 5) is 20.8. The van der Waals surface area contributed by atoms with Crippen LogP contribution in [0.2, 0.25) is 0 Å². The van der Waals surface area contributed by atoms with Crippen molar-refractivity contribution in [1.29, 1.82) is 0 Å². The maximum atomic E-state index is 11.1. The maximum absolute atomic E-state index is 11.1. The monoisotopic (exact) mass is 433 g/mol. The number of carboxylic acids is 1. The summed E-state index contributed by atoms with van der Waals surface area (Å²) in [6.45, 7) is 2.56. The molecular formula is C25H27N3O4. The number of nitrogens with one attached hydrogen (secondary N) is 1. The largest absolute Gasteiger partial charge is 0.490 e. The van der Waals surface area contributed by atoms with E-state index in [0.29, 0.717) is 25.4 Å². The predicted molar refractivity (Wildman–Crippen MR) is 124 cm³/mol. The van der Waals surface area contributed by atoms with Crippen LogP contribution in [-0.4, -0.2) is 48.1 Å². The van der Waals surface area contributed by atoms with Crippen molar-refractivity contribution in [2.45, 2.75) is 19.4 Å². The summed E-state index contributed by atoms with van der Waals surface area (Å²) in [7, 11) is 1.64. The molecule has 32 heavy (non-hydrogen) atoms. The number of hydrogen-bond acceptors (Lipinski definition) is 6. The Morgan fingerprint density at radius 2 is 1.81 bits per heavy atom. The fourth-order valence-corrected chi connectivity index (χ4v) is 3.08. The Bertz CT molecular complexity index is 1020. The third kappa shape index (κ3) is 6.65. The summed E-state index contributed by atoms with van der Waals surface area (Å²) in [5.41, 5.74) is 4.65. The van der Waals surface area contributed by atoms with Crippen LogP contribution in [0.4, 0.5) is 0 Å². The molecule has 0 saturated carbocycles. The molecule has 1 atom stereocenters. The summed E-state index contributed by atoms with van der Waals surface area (Å²) < 4.78 is 5.66. The van der Waals surface area contributed by atoms with Gasteiger partial charge in [0, 0.05) is 11.8 Å². The standard InChI is InChI=1S/C25H27N3O4/c1-18(20-8-10-21(11-9-20)23-5-3-4-14-27-23)28-32-16-15-31-22-12-6-19(7-13-22)17-24(26-2)25(29)30/h3-14,24,26H,15-17H2,1-2H3,(H,29,30). The van der Waals surface area contributed by atoms with Gasteiger partial charge in [-0.15, -0.1) is 0 Å². The Hall–Kier alpha value is -3.71. The second-order valence-electron chi connectivity index (χ2n) is 7.18. The van der Waals surface area contributed by atoms with Gasteiger partial charge in [-0.05, 0) is 55.8 Å². The zero-order valence-electron chi connectivity index (χ0n) is 18.2. The number of carboxylic acid groups (broad SMARTS) is 1. The third-order valence-electron chi connectivity index (χ3n) is 4.92. The molecule has 166 valence electrons. The van der Waals surface area contributed by atoms with Crippen molar-refractivity contribution in [3.05, 3.63) is 84.1 Å². The molecule has 0 amide bonds. The third-order valence-corrected chi connectivity index (χ3v) is 4.92. The number of aliphatic carboxylic acids is 1.